The Balaban J connectivity index is 1.61. The molecule has 3 nitrogen and oxygen atoms in total. The van der Waals surface area contributed by atoms with Gasteiger partial charge >= 0.3 is 0 Å². The van der Waals surface area contributed by atoms with Crippen LogP contribution in [0.15, 0.2) is 16.8 Å². The summed E-state index contributed by atoms with van der Waals surface area (Å²) in [5.41, 5.74) is 2.60. The molecular formula is C18H27NO2. The molecule has 3 fully saturated rings. The summed E-state index contributed by atoms with van der Waals surface area (Å²) in [4.78, 5) is 0. The van der Waals surface area contributed by atoms with Crippen LogP contribution in [0.5, 0.6) is 0 Å². The molecule has 3 heteroatoms. The molecule has 2 N–H and O–H groups in total. The van der Waals surface area contributed by atoms with E-state index in [1.54, 1.807) is 0 Å². The third kappa shape index (κ3) is 1.93. The van der Waals surface area contributed by atoms with Crippen LogP contribution < -0.4 is 0 Å². The molecule has 116 valence electrons. The molecule has 4 aliphatic rings. The summed E-state index contributed by atoms with van der Waals surface area (Å²) in [6, 6.07) is 0. The number of hydrogen-bond acceptors (Lipinski definition) is 3. The molecule has 0 aliphatic heterocycles. The van der Waals surface area contributed by atoms with E-state index in [0.29, 0.717) is 0 Å². The summed E-state index contributed by atoms with van der Waals surface area (Å²) in [6.07, 6.45) is 11.4. The number of allylic oxidation sites excluding steroid dienone is 2. The van der Waals surface area contributed by atoms with Crippen molar-refractivity contribution in [3.8, 4) is 0 Å². The second-order valence-corrected chi connectivity index (χ2v) is 8.07. The molecule has 0 unspecified atom stereocenters. The van der Waals surface area contributed by atoms with Crippen molar-refractivity contribution in [2.45, 2.75) is 64.4 Å². The van der Waals surface area contributed by atoms with Gasteiger partial charge in [0.25, 0.3) is 0 Å². The topological polar surface area (TPSA) is 52.8 Å². The van der Waals surface area contributed by atoms with Crippen LogP contribution in [0.4, 0.5) is 0 Å². The molecule has 3 saturated carbocycles. The van der Waals surface area contributed by atoms with Crippen LogP contribution in [0, 0.1) is 29.1 Å². The van der Waals surface area contributed by atoms with Crippen LogP contribution in [0.2, 0.25) is 0 Å². The van der Waals surface area contributed by atoms with Gasteiger partial charge in [0.2, 0.25) is 0 Å². The van der Waals surface area contributed by atoms with E-state index in [1.165, 1.54) is 44.1 Å². The first-order valence-corrected chi connectivity index (χ1v) is 8.73. The van der Waals surface area contributed by atoms with E-state index in [9.17, 15) is 5.11 Å². The highest BCUT2D eigenvalue weighted by atomic mass is 16.4. The zero-order valence-corrected chi connectivity index (χ0v) is 13.0. The highest BCUT2D eigenvalue weighted by Crippen LogP contribution is 2.61. The normalized spacial score (nSPS) is 51.0. The van der Waals surface area contributed by atoms with E-state index >= 15 is 0 Å². The Morgan fingerprint density at radius 3 is 2.76 bits per heavy atom. The Morgan fingerprint density at radius 2 is 1.95 bits per heavy atom. The number of rotatable bonds is 0. The van der Waals surface area contributed by atoms with Gasteiger partial charge in [0.15, 0.2) is 0 Å². The van der Waals surface area contributed by atoms with E-state index < -0.39 is 0 Å². The fourth-order valence-corrected chi connectivity index (χ4v) is 6.24. The van der Waals surface area contributed by atoms with Gasteiger partial charge in [0, 0.05) is 0 Å². The highest BCUT2D eigenvalue weighted by molar-refractivity contribution is 5.96. The second kappa shape index (κ2) is 4.84. The first-order valence-electron chi connectivity index (χ1n) is 8.73. The number of oxime groups is 1. The van der Waals surface area contributed by atoms with Crippen molar-refractivity contribution >= 4 is 5.71 Å². The van der Waals surface area contributed by atoms with Crippen molar-refractivity contribution in [2.75, 3.05) is 0 Å². The van der Waals surface area contributed by atoms with Crippen LogP contribution >= 0.6 is 0 Å². The monoisotopic (exact) mass is 289 g/mol. The zero-order valence-electron chi connectivity index (χ0n) is 13.0. The van der Waals surface area contributed by atoms with E-state index in [-0.39, 0.29) is 11.5 Å². The summed E-state index contributed by atoms with van der Waals surface area (Å²) in [7, 11) is 0. The minimum Gasteiger partial charge on any atom is -0.411 e. The molecule has 0 aromatic carbocycles. The maximum absolute atomic E-state index is 10.4. The van der Waals surface area contributed by atoms with E-state index in [1.807, 2.05) is 0 Å². The van der Waals surface area contributed by atoms with Gasteiger partial charge in [-0.15, -0.1) is 0 Å². The lowest BCUT2D eigenvalue weighted by Crippen LogP contribution is -2.47. The summed E-state index contributed by atoms with van der Waals surface area (Å²) < 4.78 is 0. The SMILES string of the molecule is C[C@]12CC[C@H]3[C@@H](CCC4=C/C(=N\O)CC[C@@H]43)[C@@H]1CC[C@@H]2O. The van der Waals surface area contributed by atoms with Crippen molar-refractivity contribution in [3.05, 3.63) is 11.6 Å². The zero-order chi connectivity index (χ0) is 14.6. The minimum atomic E-state index is -0.0696. The van der Waals surface area contributed by atoms with Gasteiger partial charge in [-0.3, -0.25) is 0 Å². The molecule has 21 heavy (non-hydrogen) atoms. The average molecular weight is 289 g/mol. The largest absolute Gasteiger partial charge is 0.411 e. The predicted octanol–water partition coefficient (Wildman–Crippen LogP) is 3.75. The molecule has 0 saturated heterocycles. The summed E-state index contributed by atoms with van der Waals surface area (Å²) >= 11 is 0. The molecule has 0 amide bonds. The summed E-state index contributed by atoms with van der Waals surface area (Å²) in [5, 5.41) is 22.9. The molecule has 0 radical (unpaired) electrons. The van der Waals surface area contributed by atoms with Crippen molar-refractivity contribution < 1.29 is 10.3 Å². The lowest BCUT2D eigenvalue weighted by Gasteiger charge is -2.53. The molecule has 6 atom stereocenters. The van der Waals surface area contributed by atoms with Crippen LogP contribution in [-0.2, 0) is 0 Å². The van der Waals surface area contributed by atoms with Gasteiger partial charge in [-0.1, -0.05) is 17.7 Å². The first kappa shape index (κ1) is 13.8. The Bertz CT molecular complexity index is 497. The Kier molecular flexibility index (Phi) is 3.18. The smallest absolute Gasteiger partial charge is 0.0795 e. The number of aliphatic hydroxyl groups excluding tert-OH is 1. The van der Waals surface area contributed by atoms with Crippen molar-refractivity contribution in [2.24, 2.45) is 34.2 Å². The molecule has 4 rings (SSSR count). The Morgan fingerprint density at radius 1 is 1.10 bits per heavy atom. The van der Waals surface area contributed by atoms with Gasteiger partial charge in [-0.05, 0) is 86.5 Å². The predicted molar refractivity (Wildman–Crippen MR) is 82.3 cm³/mol. The number of nitrogens with zero attached hydrogens (tertiary/aromatic N) is 1. The maximum Gasteiger partial charge on any atom is 0.0795 e. The van der Waals surface area contributed by atoms with E-state index in [4.69, 9.17) is 5.21 Å². The summed E-state index contributed by atoms with van der Waals surface area (Å²) in [5.74, 6) is 3.08. The molecule has 4 aliphatic carbocycles. The second-order valence-electron chi connectivity index (χ2n) is 8.07. The molecule has 0 bridgehead atoms. The van der Waals surface area contributed by atoms with Gasteiger partial charge < -0.3 is 10.3 Å². The van der Waals surface area contributed by atoms with Crippen LogP contribution in [0.25, 0.3) is 0 Å². The molecule has 0 aromatic heterocycles. The van der Waals surface area contributed by atoms with Crippen LogP contribution in [0.1, 0.15) is 58.3 Å². The lowest BCUT2D eigenvalue weighted by molar-refractivity contribution is -0.0526. The van der Waals surface area contributed by atoms with Crippen molar-refractivity contribution in [1.82, 2.24) is 0 Å². The van der Waals surface area contributed by atoms with Gasteiger partial charge in [0.05, 0.1) is 11.8 Å². The molecule has 0 heterocycles. The van der Waals surface area contributed by atoms with E-state index in [2.05, 4.69) is 18.2 Å². The van der Waals surface area contributed by atoms with Gasteiger partial charge in [0.1, 0.15) is 0 Å². The Labute approximate surface area is 127 Å². The van der Waals surface area contributed by atoms with Crippen LogP contribution in [0.3, 0.4) is 0 Å². The van der Waals surface area contributed by atoms with Crippen molar-refractivity contribution in [1.29, 1.82) is 0 Å². The quantitative estimate of drug-likeness (QED) is 0.527. The fraction of sp³-hybridized carbons (Fsp3) is 0.833. The molecule has 0 aromatic rings. The minimum absolute atomic E-state index is 0.0696. The van der Waals surface area contributed by atoms with E-state index in [0.717, 1.165) is 42.2 Å². The standard InChI is InChI=1S/C18H27NO2/c1-18-9-8-14-13-5-3-12(19-21)10-11(13)2-4-15(14)16(18)6-7-17(18)20/h10,13-17,20-21H,2-9H2,1H3/b19-12-/t13-,14+,15+,16-,17-,18-/m0/s1. The molecular weight excluding hydrogens is 262 g/mol. The summed E-state index contributed by atoms with van der Waals surface area (Å²) in [6.45, 7) is 2.34. The Hall–Kier alpha value is -0.830. The van der Waals surface area contributed by atoms with Crippen molar-refractivity contribution in [3.63, 3.8) is 0 Å². The molecule has 0 spiro atoms. The highest BCUT2D eigenvalue weighted by Gasteiger charge is 2.55. The first-order chi connectivity index (χ1) is 10.1. The van der Waals surface area contributed by atoms with Gasteiger partial charge in [-0.2, -0.15) is 0 Å². The number of aliphatic hydroxyl groups is 1. The van der Waals surface area contributed by atoms with Crippen LogP contribution in [-0.4, -0.2) is 22.1 Å². The third-order valence-corrected chi connectivity index (χ3v) is 7.39. The maximum atomic E-state index is 10.4. The number of hydrogen-bond donors (Lipinski definition) is 2. The lowest BCUT2D eigenvalue weighted by atomic mass is 9.52. The average Bonchev–Trinajstić information content (AvgIpc) is 2.82. The number of fused-ring (bicyclic) bond motifs is 5. The fourth-order valence-electron chi connectivity index (χ4n) is 6.24. The third-order valence-electron chi connectivity index (χ3n) is 7.39. The van der Waals surface area contributed by atoms with Gasteiger partial charge in [-0.25, -0.2) is 0 Å².